The van der Waals surface area contributed by atoms with Gasteiger partial charge in [0.2, 0.25) is 5.91 Å². The molecule has 5 nitrogen and oxygen atoms in total. The maximum atomic E-state index is 14.0. The molecule has 1 aliphatic heterocycles. The van der Waals surface area contributed by atoms with Crippen LogP contribution in [0.4, 0.5) is 5.69 Å². The van der Waals surface area contributed by atoms with E-state index < -0.39 is 5.54 Å². The predicted octanol–water partition coefficient (Wildman–Crippen LogP) is 5.85. The van der Waals surface area contributed by atoms with Crippen LogP contribution in [0.2, 0.25) is 0 Å². The van der Waals surface area contributed by atoms with Crippen molar-refractivity contribution in [3.05, 3.63) is 65.9 Å². The average molecular weight is 458 g/mol. The summed E-state index contributed by atoms with van der Waals surface area (Å²) in [5.41, 5.74) is 2.59. The van der Waals surface area contributed by atoms with E-state index in [9.17, 15) is 9.59 Å². The molecule has 1 aliphatic carbocycles. The molecule has 3 aromatic rings. The van der Waals surface area contributed by atoms with E-state index in [-0.39, 0.29) is 17.9 Å². The molecule has 34 heavy (non-hydrogen) atoms. The maximum absolute atomic E-state index is 14.0. The van der Waals surface area contributed by atoms with Gasteiger partial charge in [-0.1, -0.05) is 69.4 Å². The Bertz CT molecular complexity index is 1190. The first-order valence-electron chi connectivity index (χ1n) is 12.8. The number of amides is 2. The number of fused-ring (bicyclic) bond motifs is 3. The number of hydrogen-bond acceptors (Lipinski definition) is 2. The van der Waals surface area contributed by atoms with Gasteiger partial charge in [-0.05, 0) is 56.0 Å². The Morgan fingerprint density at radius 2 is 1.68 bits per heavy atom. The molecule has 0 spiro atoms. The fourth-order valence-electron chi connectivity index (χ4n) is 5.67. The van der Waals surface area contributed by atoms with E-state index in [4.69, 9.17) is 0 Å². The number of benzene rings is 2. The molecule has 2 aromatic carbocycles. The van der Waals surface area contributed by atoms with Crippen molar-refractivity contribution in [2.24, 2.45) is 0 Å². The van der Waals surface area contributed by atoms with Crippen molar-refractivity contribution in [2.75, 3.05) is 4.90 Å². The monoisotopic (exact) mass is 457 g/mol. The summed E-state index contributed by atoms with van der Waals surface area (Å²) in [5, 5.41) is 4.39. The summed E-state index contributed by atoms with van der Waals surface area (Å²) in [6.45, 7) is 4.47. The summed E-state index contributed by atoms with van der Waals surface area (Å²) in [6, 6.07) is 18.2. The largest absolute Gasteiger partial charge is 0.351 e. The van der Waals surface area contributed by atoms with Gasteiger partial charge in [-0.15, -0.1) is 0 Å². The Morgan fingerprint density at radius 3 is 2.38 bits per heavy atom. The molecule has 1 unspecified atom stereocenters. The molecular formula is C29H35N3O2. The van der Waals surface area contributed by atoms with Gasteiger partial charge in [-0.25, -0.2) is 0 Å². The lowest BCUT2D eigenvalue weighted by Gasteiger charge is -2.44. The third-order valence-electron chi connectivity index (χ3n) is 7.72. The Labute approximate surface area is 202 Å². The second kappa shape index (κ2) is 9.28. The number of aryl methyl sites for hydroxylation is 1. The van der Waals surface area contributed by atoms with Crippen molar-refractivity contribution in [1.82, 2.24) is 9.88 Å². The Kier molecular flexibility index (Phi) is 6.20. The third-order valence-corrected chi connectivity index (χ3v) is 7.72. The SMILES string of the molecule is CCc1ccc(N2C(=O)c3cc4ccccc4n3CC2(C)C(=O)NC2CCCCCCC2)cc1. The number of anilines is 1. The molecule has 1 N–H and O–H groups in total. The zero-order chi connectivity index (χ0) is 23.7. The first-order chi connectivity index (χ1) is 16.5. The zero-order valence-corrected chi connectivity index (χ0v) is 20.3. The molecule has 1 fully saturated rings. The van der Waals surface area contributed by atoms with Crippen molar-refractivity contribution in [1.29, 1.82) is 0 Å². The first kappa shape index (κ1) is 22.7. The average Bonchev–Trinajstić information content (AvgIpc) is 3.20. The fraction of sp³-hybridized carbons (Fsp3) is 0.448. The van der Waals surface area contributed by atoms with E-state index in [2.05, 4.69) is 24.4 Å². The summed E-state index contributed by atoms with van der Waals surface area (Å²) in [5.74, 6) is -0.184. The highest BCUT2D eigenvalue weighted by atomic mass is 16.2. The van der Waals surface area contributed by atoms with Crippen LogP contribution in [0, 0.1) is 0 Å². The van der Waals surface area contributed by atoms with E-state index in [1.807, 2.05) is 54.0 Å². The summed E-state index contributed by atoms with van der Waals surface area (Å²) >= 11 is 0. The van der Waals surface area contributed by atoms with Crippen LogP contribution in [0.3, 0.4) is 0 Å². The van der Waals surface area contributed by atoms with E-state index in [1.54, 1.807) is 4.90 Å². The number of para-hydroxylation sites is 1. The summed E-state index contributed by atoms with van der Waals surface area (Å²) in [7, 11) is 0. The van der Waals surface area contributed by atoms with E-state index in [1.165, 1.54) is 24.8 Å². The molecule has 2 aliphatic rings. The van der Waals surface area contributed by atoms with Crippen molar-refractivity contribution in [3.8, 4) is 0 Å². The van der Waals surface area contributed by atoms with Crippen LogP contribution in [0.1, 0.15) is 74.8 Å². The van der Waals surface area contributed by atoms with Crippen LogP contribution >= 0.6 is 0 Å². The Morgan fingerprint density at radius 1 is 1.00 bits per heavy atom. The van der Waals surface area contributed by atoms with Gasteiger partial charge >= 0.3 is 0 Å². The van der Waals surface area contributed by atoms with Crippen LogP contribution in [-0.4, -0.2) is 28.0 Å². The normalized spacial score (nSPS) is 21.7. The van der Waals surface area contributed by atoms with Crippen LogP contribution < -0.4 is 10.2 Å². The minimum absolute atomic E-state index is 0.0607. The van der Waals surface area contributed by atoms with E-state index >= 15 is 0 Å². The van der Waals surface area contributed by atoms with Gasteiger partial charge < -0.3 is 9.88 Å². The quantitative estimate of drug-likeness (QED) is 0.534. The molecule has 1 saturated carbocycles. The number of nitrogens with zero attached hydrogens (tertiary/aromatic N) is 2. The number of aromatic nitrogens is 1. The highest BCUT2D eigenvalue weighted by molar-refractivity contribution is 6.14. The maximum Gasteiger partial charge on any atom is 0.275 e. The summed E-state index contributed by atoms with van der Waals surface area (Å²) < 4.78 is 2.03. The molecule has 1 atom stereocenters. The molecule has 0 radical (unpaired) electrons. The van der Waals surface area contributed by atoms with Gasteiger partial charge in [-0.2, -0.15) is 0 Å². The second-order valence-corrected chi connectivity index (χ2v) is 10.1. The van der Waals surface area contributed by atoms with Gasteiger partial charge in [0.25, 0.3) is 5.91 Å². The Balaban J connectivity index is 1.55. The second-order valence-electron chi connectivity index (χ2n) is 10.1. The molecule has 5 heteroatoms. The number of hydrogen-bond donors (Lipinski definition) is 1. The van der Waals surface area contributed by atoms with Crippen LogP contribution in [0.15, 0.2) is 54.6 Å². The number of rotatable bonds is 4. The number of carbonyl (C=O) groups excluding carboxylic acids is 2. The lowest BCUT2D eigenvalue weighted by molar-refractivity contribution is -0.127. The standard InChI is InChI=1S/C29H35N3O2/c1-3-21-15-17-24(18-16-21)32-27(33)26-19-22-11-9-10-14-25(22)31(26)20-29(32,2)28(34)30-23-12-7-5-4-6-8-13-23/h9-11,14-19,23H,3-8,12-13,20H2,1-2H3,(H,30,34). The molecule has 2 heterocycles. The Hall–Kier alpha value is -3.08. The first-order valence-corrected chi connectivity index (χ1v) is 12.8. The zero-order valence-electron chi connectivity index (χ0n) is 20.3. The van der Waals surface area contributed by atoms with Gasteiger partial charge in [0.15, 0.2) is 0 Å². The molecule has 2 amide bonds. The summed E-state index contributed by atoms with van der Waals surface area (Å²) in [4.78, 5) is 29.7. The molecule has 178 valence electrons. The van der Waals surface area contributed by atoms with Gasteiger partial charge in [0, 0.05) is 22.6 Å². The van der Waals surface area contributed by atoms with Crippen LogP contribution in [0.25, 0.3) is 10.9 Å². The highest BCUT2D eigenvalue weighted by Crippen LogP contribution is 2.36. The topological polar surface area (TPSA) is 54.3 Å². The smallest absolute Gasteiger partial charge is 0.275 e. The predicted molar refractivity (Wildman–Crippen MR) is 137 cm³/mol. The van der Waals surface area contributed by atoms with Crippen molar-refractivity contribution < 1.29 is 9.59 Å². The molecular weight excluding hydrogens is 422 g/mol. The molecule has 0 bridgehead atoms. The van der Waals surface area contributed by atoms with Crippen LogP contribution in [-0.2, 0) is 17.8 Å². The van der Waals surface area contributed by atoms with Gasteiger partial charge in [-0.3, -0.25) is 14.5 Å². The molecule has 0 saturated heterocycles. The number of nitrogens with one attached hydrogen (secondary N) is 1. The molecule has 1 aromatic heterocycles. The lowest BCUT2D eigenvalue weighted by atomic mass is 9.91. The van der Waals surface area contributed by atoms with Crippen molar-refractivity contribution in [2.45, 2.75) is 83.3 Å². The van der Waals surface area contributed by atoms with E-state index in [0.717, 1.165) is 48.7 Å². The van der Waals surface area contributed by atoms with Gasteiger partial charge in [0.1, 0.15) is 11.2 Å². The fourth-order valence-corrected chi connectivity index (χ4v) is 5.67. The molecule has 5 rings (SSSR count). The van der Waals surface area contributed by atoms with Crippen molar-refractivity contribution in [3.63, 3.8) is 0 Å². The van der Waals surface area contributed by atoms with Crippen molar-refractivity contribution >= 4 is 28.4 Å². The summed E-state index contributed by atoms with van der Waals surface area (Å²) in [6.07, 6.45) is 9.01. The van der Waals surface area contributed by atoms with Gasteiger partial charge in [0.05, 0.1) is 6.54 Å². The minimum atomic E-state index is -1.03. The minimum Gasteiger partial charge on any atom is -0.351 e. The number of carbonyl (C=O) groups is 2. The highest BCUT2D eigenvalue weighted by Gasteiger charge is 2.49. The van der Waals surface area contributed by atoms with Crippen LogP contribution in [0.5, 0.6) is 0 Å². The third kappa shape index (κ3) is 4.02. The van der Waals surface area contributed by atoms with E-state index in [0.29, 0.717) is 12.2 Å². The lowest BCUT2D eigenvalue weighted by Crippen LogP contribution is -2.65.